The number of aliphatic imine (C=N–C) groups is 1. The normalized spacial score (nSPS) is 23.8. The van der Waals surface area contributed by atoms with E-state index in [0.29, 0.717) is 0 Å². The van der Waals surface area contributed by atoms with Crippen LogP contribution in [0.15, 0.2) is 4.99 Å². The van der Waals surface area contributed by atoms with E-state index in [9.17, 15) is 4.79 Å². The Hall–Kier alpha value is -0.610. The standard InChI is InChI=1S/C21H39N5O2.HI/c1-22-21(23-10-4-2-5-11-24-12-6-3-7-13-24)26-16-14-25(15-17-26)20(27)19-9-8-18-28-19;/h19H,2-18H2,1H3,(H,22,23);1H. The molecule has 3 saturated heterocycles. The average molecular weight is 521 g/mol. The molecule has 3 rings (SSSR count). The van der Waals surface area contributed by atoms with E-state index < -0.39 is 0 Å². The summed E-state index contributed by atoms with van der Waals surface area (Å²) in [5.41, 5.74) is 0. The zero-order valence-corrected chi connectivity index (χ0v) is 20.4. The Kier molecular flexibility index (Phi) is 11.6. The molecule has 7 nitrogen and oxygen atoms in total. The zero-order chi connectivity index (χ0) is 19.6. The monoisotopic (exact) mass is 521 g/mol. The molecule has 0 aromatic carbocycles. The SMILES string of the molecule is CN=C(NCCCCCN1CCCCC1)N1CCN(C(=O)C2CCCO2)CC1.I. The summed E-state index contributed by atoms with van der Waals surface area (Å²) in [6.07, 6.45) is 9.60. The van der Waals surface area contributed by atoms with Crippen LogP contribution in [0.1, 0.15) is 51.4 Å². The summed E-state index contributed by atoms with van der Waals surface area (Å²) in [6, 6.07) is 0. The highest BCUT2D eigenvalue weighted by molar-refractivity contribution is 14.0. The second-order valence-electron chi connectivity index (χ2n) is 8.25. The smallest absolute Gasteiger partial charge is 0.251 e. The number of likely N-dealkylation sites (tertiary alicyclic amines) is 1. The van der Waals surface area contributed by atoms with Crippen molar-refractivity contribution in [1.82, 2.24) is 20.0 Å². The zero-order valence-electron chi connectivity index (χ0n) is 18.1. The number of carbonyl (C=O) groups is 1. The quantitative estimate of drug-likeness (QED) is 0.241. The van der Waals surface area contributed by atoms with E-state index in [-0.39, 0.29) is 36.0 Å². The molecular formula is C21H40IN5O2. The van der Waals surface area contributed by atoms with Gasteiger partial charge in [-0.1, -0.05) is 12.8 Å². The lowest BCUT2D eigenvalue weighted by atomic mass is 10.1. The molecule has 0 spiro atoms. The number of ether oxygens (including phenoxy) is 1. The number of amides is 1. The molecule has 0 aromatic heterocycles. The lowest BCUT2D eigenvalue weighted by Crippen LogP contribution is -2.55. The fourth-order valence-corrected chi connectivity index (χ4v) is 4.47. The second-order valence-corrected chi connectivity index (χ2v) is 8.25. The van der Waals surface area contributed by atoms with Crippen LogP contribution in [0.3, 0.4) is 0 Å². The molecule has 3 fully saturated rings. The molecule has 1 amide bonds. The number of nitrogens with one attached hydrogen (secondary N) is 1. The van der Waals surface area contributed by atoms with Crippen molar-refractivity contribution in [3.63, 3.8) is 0 Å². The van der Waals surface area contributed by atoms with Crippen LogP contribution in [0.25, 0.3) is 0 Å². The van der Waals surface area contributed by atoms with Gasteiger partial charge in [0.25, 0.3) is 5.91 Å². The van der Waals surface area contributed by atoms with Crippen LogP contribution < -0.4 is 5.32 Å². The number of piperazine rings is 1. The summed E-state index contributed by atoms with van der Waals surface area (Å²) in [5, 5.41) is 3.51. The number of hydrogen-bond acceptors (Lipinski definition) is 4. The summed E-state index contributed by atoms with van der Waals surface area (Å²) in [7, 11) is 1.85. The van der Waals surface area contributed by atoms with Crippen molar-refractivity contribution in [3.05, 3.63) is 0 Å². The van der Waals surface area contributed by atoms with Gasteiger partial charge in [0.05, 0.1) is 0 Å². The number of piperidine rings is 1. The Bertz CT molecular complexity index is 499. The lowest BCUT2D eigenvalue weighted by Gasteiger charge is -2.37. The van der Waals surface area contributed by atoms with E-state index >= 15 is 0 Å². The predicted molar refractivity (Wildman–Crippen MR) is 128 cm³/mol. The minimum absolute atomic E-state index is 0. The van der Waals surface area contributed by atoms with Gasteiger partial charge >= 0.3 is 0 Å². The van der Waals surface area contributed by atoms with Gasteiger partial charge in [-0.15, -0.1) is 24.0 Å². The van der Waals surface area contributed by atoms with Gasteiger partial charge in [-0.05, 0) is 58.2 Å². The Morgan fingerprint density at radius 1 is 0.966 bits per heavy atom. The number of nitrogens with zero attached hydrogens (tertiary/aromatic N) is 4. The molecule has 3 aliphatic heterocycles. The molecule has 0 bridgehead atoms. The number of carbonyl (C=O) groups excluding carboxylic acids is 1. The van der Waals surface area contributed by atoms with Crippen LogP contribution in [0.5, 0.6) is 0 Å². The van der Waals surface area contributed by atoms with Crippen molar-refractivity contribution >= 4 is 35.8 Å². The van der Waals surface area contributed by atoms with Crippen LogP contribution in [-0.2, 0) is 9.53 Å². The van der Waals surface area contributed by atoms with E-state index in [0.717, 1.165) is 58.1 Å². The van der Waals surface area contributed by atoms with Gasteiger partial charge in [0.2, 0.25) is 0 Å². The maximum Gasteiger partial charge on any atom is 0.251 e. The minimum Gasteiger partial charge on any atom is -0.368 e. The Balaban J connectivity index is 0.00000300. The Morgan fingerprint density at radius 3 is 2.34 bits per heavy atom. The molecule has 29 heavy (non-hydrogen) atoms. The van der Waals surface area contributed by atoms with Crippen molar-refractivity contribution in [2.75, 3.05) is 66.0 Å². The summed E-state index contributed by atoms with van der Waals surface area (Å²) in [6.45, 7) is 8.76. The highest BCUT2D eigenvalue weighted by Crippen LogP contribution is 2.16. The summed E-state index contributed by atoms with van der Waals surface area (Å²) >= 11 is 0. The van der Waals surface area contributed by atoms with Crippen molar-refractivity contribution in [3.8, 4) is 0 Å². The number of hydrogen-bond donors (Lipinski definition) is 1. The van der Waals surface area contributed by atoms with Gasteiger partial charge in [0.1, 0.15) is 6.10 Å². The Morgan fingerprint density at radius 2 is 1.69 bits per heavy atom. The van der Waals surface area contributed by atoms with E-state index in [1.165, 1.54) is 58.2 Å². The first kappa shape index (κ1) is 24.7. The largest absolute Gasteiger partial charge is 0.368 e. The number of rotatable bonds is 7. The third-order valence-corrected chi connectivity index (χ3v) is 6.19. The minimum atomic E-state index is -0.200. The van der Waals surface area contributed by atoms with Crippen molar-refractivity contribution in [2.24, 2.45) is 4.99 Å². The molecule has 3 aliphatic rings. The Labute approximate surface area is 193 Å². The highest BCUT2D eigenvalue weighted by Gasteiger charge is 2.30. The van der Waals surface area contributed by atoms with E-state index in [4.69, 9.17) is 4.74 Å². The van der Waals surface area contributed by atoms with Crippen molar-refractivity contribution in [1.29, 1.82) is 0 Å². The molecule has 8 heteroatoms. The average Bonchev–Trinajstić information content (AvgIpc) is 3.29. The molecule has 0 aromatic rings. The third kappa shape index (κ3) is 7.86. The van der Waals surface area contributed by atoms with E-state index in [2.05, 4.69) is 20.1 Å². The van der Waals surface area contributed by atoms with Gasteiger partial charge < -0.3 is 24.8 Å². The third-order valence-electron chi connectivity index (χ3n) is 6.19. The molecule has 1 atom stereocenters. The second kappa shape index (κ2) is 13.6. The summed E-state index contributed by atoms with van der Waals surface area (Å²) in [4.78, 5) is 23.8. The fraction of sp³-hybridized carbons (Fsp3) is 0.905. The van der Waals surface area contributed by atoms with E-state index in [1.807, 2.05) is 11.9 Å². The number of halogens is 1. The van der Waals surface area contributed by atoms with Crippen LogP contribution in [0, 0.1) is 0 Å². The van der Waals surface area contributed by atoms with Crippen LogP contribution in [0.2, 0.25) is 0 Å². The molecule has 0 saturated carbocycles. The van der Waals surface area contributed by atoms with Gasteiger partial charge in [-0.3, -0.25) is 9.79 Å². The summed E-state index contributed by atoms with van der Waals surface area (Å²) in [5.74, 6) is 1.15. The first-order valence-corrected chi connectivity index (χ1v) is 11.4. The van der Waals surface area contributed by atoms with Gasteiger partial charge in [0.15, 0.2) is 5.96 Å². The van der Waals surface area contributed by atoms with Crippen molar-refractivity contribution in [2.45, 2.75) is 57.5 Å². The fourth-order valence-electron chi connectivity index (χ4n) is 4.47. The van der Waals surface area contributed by atoms with Gasteiger partial charge in [-0.25, -0.2) is 0 Å². The molecule has 1 N–H and O–H groups in total. The molecular weight excluding hydrogens is 481 g/mol. The number of unbranched alkanes of at least 4 members (excludes halogenated alkanes) is 2. The molecule has 0 radical (unpaired) electrons. The van der Waals surface area contributed by atoms with Crippen LogP contribution in [-0.4, -0.2) is 98.7 Å². The predicted octanol–water partition coefficient (Wildman–Crippen LogP) is 2.16. The maximum absolute atomic E-state index is 12.5. The van der Waals surface area contributed by atoms with E-state index in [1.54, 1.807) is 0 Å². The van der Waals surface area contributed by atoms with Crippen LogP contribution >= 0.6 is 24.0 Å². The lowest BCUT2D eigenvalue weighted by molar-refractivity contribution is -0.142. The first-order chi connectivity index (χ1) is 13.8. The molecule has 1 unspecified atom stereocenters. The highest BCUT2D eigenvalue weighted by atomic mass is 127. The van der Waals surface area contributed by atoms with Gasteiger partial charge in [-0.2, -0.15) is 0 Å². The number of guanidine groups is 1. The molecule has 3 heterocycles. The molecule has 0 aliphatic carbocycles. The first-order valence-electron chi connectivity index (χ1n) is 11.4. The van der Waals surface area contributed by atoms with Crippen LogP contribution in [0.4, 0.5) is 0 Å². The summed E-state index contributed by atoms with van der Waals surface area (Å²) < 4.78 is 5.54. The van der Waals surface area contributed by atoms with Crippen molar-refractivity contribution < 1.29 is 9.53 Å². The van der Waals surface area contributed by atoms with Gasteiger partial charge in [0, 0.05) is 46.4 Å². The maximum atomic E-state index is 12.5. The molecule has 168 valence electrons. The topological polar surface area (TPSA) is 60.4 Å².